The summed E-state index contributed by atoms with van der Waals surface area (Å²) in [6.07, 6.45) is -0.542. The second kappa shape index (κ2) is 6.47. The molecule has 0 amide bonds. The first-order valence-electron chi connectivity index (χ1n) is 5.98. The molecule has 0 aliphatic carbocycles. The molecule has 0 aromatic heterocycles. The summed E-state index contributed by atoms with van der Waals surface area (Å²) in [5, 5.41) is 43.8. The second-order valence-corrected chi connectivity index (χ2v) is 5.17. The lowest BCUT2D eigenvalue weighted by Crippen LogP contribution is -2.63. The summed E-state index contributed by atoms with van der Waals surface area (Å²) in [5.74, 6) is -0.873. The molecule has 0 aliphatic heterocycles. The molecule has 0 aliphatic rings. The van der Waals surface area contributed by atoms with Gasteiger partial charge in [0.2, 0.25) is 0 Å². The first-order chi connectivity index (χ1) is 8.16. The average molecular weight is 263 g/mol. The summed E-state index contributed by atoms with van der Waals surface area (Å²) in [4.78, 5) is 4.50. The van der Waals surface area contributed by atoms with E-state index in [4.69, 9.17) is 0 Å². The first kappa shape index (κ1) is 17.3. The van der Waals surface area contributed by atoms with E-state index in [0.717, 1.165) is 6.21 Å². The zero-order valence-corrected chi connectivity index (χ0v) is 11.7. The molecule has 108 valence electrons. The van der Waals surface area contributed by atoms with Crippen molar-refractivity contribution in [3.05, 3.63) is 0 Å². The summed E-state index contributed by atoms with van der Waals surface area (Å²) in [6, 6.07) is 0. The molecular weight excluding hydrogens is 238 g/mol. The third-order valence-electron chi connectivity index (χ3n) is 3.45. The maximum absolute atomic E-state index is 10.5. The highest BCUT2D eigenvalue weighted by Crippen LogP contribution is 2.31. The van der Waals surface area contributed by atoms with Crippen molar-refractivity contribution >= 4 is 6.21 Å². The van der Waals surface area contributed by atoms with Gasteiger partial charge in [0.1, 0.15) is 24.4 Å². The topological polar surface area (TPSA) is 103 Å². The first-order valence-corrected chi connectivity index (χ1v) is 5.98. The van der Waals surface area contributed by atoms with Gasteiger partial charge in [-0.2, -0.15) is 0 Å². The fourth-order valence-electron chi connectivity index (χ4n) is 1.66. The van der Waals surface area contributed by atoms with Crippen LogP contribution in [0.25, 0.3) is 0 Å². The van der Waals surface area contributed by atoms with Crippen molar-refractivity contribution in [1.82, 2.24) is 0 Å². The van der Waals surface area contributed by atoms with Crippen LogP contribution in [0.5, 0.6) is 0 Å². The van der Waals surface area contributed by atoms with E-state index < -0.39 is 35.7 Å². The number of rotatable bonds is 7. The van der Waals surface area contributed by atoms with Crippen LogP contribution in [0.4, 0.5) is 0 Å². The Morgan fingerprint density at radius 1 is 1.17 bits per heavy atom. The average Bonchev–Trinajstić information content (AvgIpc) is 2.33. The van der Waals surface area contributed by atoms with E-state index in [2.05, 4.69) is 9.99 Å². The van der Waals surface area contributed by atoms with E-state index in [-0.39, 0.29) is 0 Å². The summed E-state index contributed by atoms with van der Waals surface area (Å²) in [5.41, 5.74) is -3.61. The monoisotopic (exact) mass is 263 g/mol. The smallest absolute Gasteiger partial charge is 0.134 e. The van der Waals surface area contributed by atoms with Crippen LogP contribution in [-0.4, -0.2) is 57.7 Å². The molecule has 18 heavy (non-hydrogen) atoms. The van der Waals surface area contributed by atoms with Crippen molar-refractivity contribution < 1.29 is 25.3 Å². The number of hydrogen-bond donors (Lipinski definition) is 4. The van der Waals surface area contributed by atoms with Gasteiger partial charge in [0.05, 0.1) is 12.8 Å². The van der Waals surface area contributed by atoms with Gasteiger partial charge < -0.3 is 25.3 Å². The fourth-order valence-corrected chi connectivity index (χ4v) is 1.66. The van der Waals surface area contributed by atoms with Crippen molar-refractivity contribution in [3.8, 4) is 0 Å². The molecule has 0 heterocycles. The van der Waals surface area contributed by atoms with Crippen LogP contribution in [0, 0.1) is 11.8 Å². The second-order valence-electron chi connectivity index (χ2n) is 5.17. The van der Waals surface area contributed by atoms with Crippen molar-refractivity contribution in [2.45, 2.75) is 45.0 Å². The third-order valence-corrected chi connectivity index (χ3v) is 3.45. The highest BCUT2D eigenvalue weighted by molar-refractivity contribution is 5.69. The summed E-state index contributed by atoms with van der Waals surface area (Å²) < 4.78 is 0. The third kappa shape index (κ3) is 3.20. The number of aliphatic hydroxyl groups excluding tert-OH is 2. The number of hydrogen-bond acceptors (Lipinski definition) is 6. The molecule has 6 heteroatoms. The van der Waals surface area contributed by atoms with Gasteiger partial charge in [0, 0.05) is 0 Å². The number of nitrogens with zero attached hydrogens (tertiary/aromatic N) is 1. The van der Waals surface area contributed by atoms with Crippen LogP contribution in [0.15, 0.2) is 5.16 Å². The minimum Gasteiger partial charge on any atom is -0.399 e. The molecule has 4 N–H and O–H groups in total. The lowest BCUT2D eigenvalue weighted by atomic mass is 9.73. The van der Waals surface area contributed by atoms with E-state index in [0.29, 0.717) is 0 Å². The lowest BCUT2D eigenvalue weighted by molar-refractivity contribution is -0.192. The summed E-state index contributed by atoms with van der Waals surface area (Å²) in [7, 11) is 1.31. The summed E-state index contributed by atoms with van der Waals surface area (Å²) in [6.45, 7) is 5.97. The molecule has 0 aromatic carbocycles. The van der Waals surface area contributed by atoms with E-state index in [1.807, 2.05) is 0 Å². The molecular formula is C12H25NO5. The van der Waals surface area contributed by atoms with Gasteiger partial charge in [-0.05, 0) is 11.8 Å². The van der Waals surface area contributed by atoms with Crippen molar-refractivity contribution in [1.29, 1.82) is 0 Å². The molecule has 6 nitrogen and oxygen atoms in total. The number of aliphatic hydroxyl groups is 4. The van der Waals surface area contributed by atoms with Crippen LogP contribution >= 0.6 is 0 Å². The Bertz CT molecular complexity index is 282. The van der Waals surface area contributed by atoms with Crippen LogP contribution in [-0.2, 0) is 4.84 Å². The van der Waals surface area contributed by atoms with Gasteiger partial charge >= 0.3 is 0 Å². The maximum atomic E-state index is 10.5. The molecule has 0 spiro atoms. The van der Waals surface area contributed by atoms with Gasteiger partial charge in [-0.3, -0.25) is 0 Å². The van der Waals surface area contributed by atoms with Gasteiger partial charge in [0.15, 0.2) is 0 Å². The fraction of sp³-hybridized carbons (Fsp3) is 0.917. The molecule has 0 rings (SSSR count). The Morgan fingerprint density at radius 2 is 1.67 bits per heavy atom. The SMILES string of the molecule is CON=C[C@@](O)(C(C)C)[C@@H](O)[C@](O)(CO)C(C)C. The minimum absolute atomic E-state index is 0.428. The van der Waals surface area contributed by atoms with Crippen LogP contribution in [0.1, 0.15) is 27.7 Å². The van der Waals surface area contributed by atoms with E-state index in [1.165, 1.54) is 7.11 Å². The zero-order chi connectivity index (χ0) is 14.6. The predicted molar refractivity (Wildman–Crippen MR) is 68.2 cm³/mol. The molecule has 0 radical (unpaired) electrons. The van der Waals surface area contributed by atoms with E-state index in [1.54, 1.807) is 27.7 Å². The zero-order valence-electron chi connectivity index (χ0n) is 11.7. The standard InChI is InChI=1S/C12H25NO5/c1-8(2)11(16,6-13-18-5)10(15)12(17,7-14)9(3)4/h6,8-10,14-17H,7H2,1-5H3/t10-,11-,12+/m1/s1. The van der Waals surface area contributed by atoms with Crippen LogP contribution < -0.4 is 0 Å². The molecule has 0 fully saturated rings. The van der Waals surface area contributed by atoms with Gasteiger partial charge in [-0.1, -0.05) is 32.9 Å². The normalized spacial score (nSPS) is 21.1. The molecule has 0 unspecified atom stereocenters. The quantitative estimate of drug-likeness (QED) is 0.374. The lowest BCUT2D eigenvalue weighted by Gasteiger charge is -2.43. The highest BCUT2D eigenvalue weighted by Gasteiger charge is 2.51. The number of oxime groups is 1. The van der Waals surface area contributed by atoms with Crippen molar-refractivity contribution in [2.75, 3.05) is 13.7 Å². The summed E-state index contributed by atoms with van der Waals surface area (Å²) >= 11 is 0. The van der Waals surface area contributed by atoms with Crippen LogP contribution in [0.3, 0.4) is 0 Å². The minimum atomic E-state index is -1.82. The van der Waals surface area contributed by atoms with Gasteiger partial charge in [-0.25, -0.2) is 0 Å². The Hall–Kier alpha value is -0.690. The van der Waals surface area contributed by atoms with Crippen LogP contribution in [0.2, 0.25) is 0 Å². The molecule has 3 atom stereocenters. The Balaban J connectivity index is 5.44. The molecule has 0 aromatic rings. The molecule has 0 saturated carbocycles. The Morgan fingerprint density at radius 3 is 1.94 bits per heavy atom. The van der Waals surface area contributed by atoms with Crippen molar-refractivity contribution in [2.24, 2.45) is 17.0 Å². The maximum Gasteiger partial charge on any atom is 0.134 e. The van der Waals surface area contributed by atoms with Gasteiger partial charge in [0.25, 0.3) is 0 Å². The Kier molecular flexibility index (Phi) is 6.22. The molecule has 0 bridgehead atoms. The molecule has 0 saturated heterocycles. The largest absolute Gasteiger partial charge is 0.399 e. The van der Waals surface area contributed by atoms with E-state index >= 15 is 0 Å². The van der Waals surface area contributed by atoms with E-state index in [9.17, 15) is 20.4 Å². The highest BCUT2D eigenvalue weighted by atomic mass is 16.6. The van der Waals surface area contributed by atoms with Crippen molar-refractivity contribution in [3.63, 3.8) is 0 Å². The van der Waals surface area contributed by atoms with Gasteiger partial charge in [-0.15, -0.1) is 0 Å². The Labute approximate surface area is 108 Å². The predicted octanol–water partition coefficient (Wildman–Crippen LogP) is -0.254.